The lowest BCUT2D eigenvalue weighted by atomic mass is 9.99. The molecule has 0 N–H and O–H groups in total. The van der Waals surface area contributed by atoms with E-state index >= 15 is 0 Å². The van der Waals surface area contributed by atoms with Gasteiger partial charge in [0.05, 0.1) is 21.3 Å². The van der Waals surface area contributed by atoms with Crippen LogP contribution in [0.3, 0.4) is 0 Å². The quantitative estimate of drug-likeness (QED) is 0.612. The van der Waals surface area contributed by atoms with Gasteiger partial charge < -0.3 is 4.90 Å². The zero-order valence-corrected chi connectivity index (χ0v) is 18.4. The van der Waals surface area contributed by atoms with E-state index in [1.807, 2.05) is 29.3 Å². The van der Waals surface area contributed by atoms with Crippen LogP contribution < -0.4 is 0 Å². The average molecular weight is 444 g/mol. The molecular formula is C22H19Cl2N3OS. The van der Waals surface area contributed by atoms with E-state index < -0.39 is 0 Å². The Morgan fingerprint density at radius 3 is 2.52 bits per heavy atom. The first-order valence-corrected chi connectivity index (χ1v) is 10.8. The van der Waals surface area contributed by atoms with Crippen molar-refractivity contribution in [2.24, 2.45) is 5.10 Å². The highest BCUT2D eigenvalue weighted by molar-refractivity contribution is 8.14. The van der Waals surface area contributed by atoms with Crippen LogP contribution in [-0.4, -0.2) is 34.6 Å². The van der Waals surface area contributed by atoms with E-state index in [9.17, 15) is 4.79 Å². The fourth-order valence-electron chi connectivity index (χ4n) is 3.36. The summed E-state index contributed by atoms with van der Waals surface area (Å²) in [5.41, 5.74) is 2.99. The molecule has 0 atom stereocenters. The molecule has 2 aromatic rings. The summed E-state index contributed by atoms with van der Waals surface area (Å²) in [5.74, 6) is -0.126. The van der Waals surface area contributed by atoms with E-state index in [2.05, 4.69) is 19.1 Å². The number of rotatable bonds is 3. The summed E-state index contributed by atoms with van der Waals surface area (Å²) in [6.07, 6.45) is 4.82. The number of fused-ring (bicyclic) bond motifs is 1. The fraction of sp³-hybridized carbons (Fsp3) is 0.182. The molecule has 1 amide bonds. The van der Waals surface area contributed by atoms with Crippen molar-refractivity contribution in [3.63, 3.8) is 0 Å². The SMILES string of the molecule is CCc1ccccc1SC1=NN2CN(C)C(=O)C(c3c(Cl)cccc3Cl)=C2C=C1. The molecule has 0 aliphatic carbocycles. The lowest BCUT2D eigenvalue weighted by Crippen LogP contribution is -2.43. The van der Waals surface area contributed by atoms with Crippen molar-refractivity contribution < 1.29 is 4.79 Å². The molecule has 0 spiro atoms. The molecule has 2 aliphatic heterocycles. The topological polar surface area (TPSA) is 35.9 Å². The smallest absolute Gasteiger partial charge is 0.257 e. The first-order valence-electron chi connectivity index (χ1n) is 9.23. The Bertz CT molecular complexity index is 1060. The highest BCUT2D eigenvalue weighted by Crippen LogP contribution is 2.39. The van der Waals surface area contributed by atoms with Crippen LogP contribution in [0.2, 0.25) is 10.0 Å². The first-order chi connectivity index (χ1) is 14.0. The highest BCUT2D eigenvalue weighted by atomic mass is 35.5. The monoisotopic (exact) mass is 443 g/mol. The Labute approximate surface area is 184 Å². The second-order valence-electron chi connectivity index (χ2n) is 6.74. The number of hydrogen-bond donors (Lipinski definition) is 0. The predicted octanol–water partition coefficient (Wildman–Crippen LogP) is 5.67. The first kappa shape index (κ1) is 20.1. The number of carbonyl (C=O) groups is 1. The maximum atomic E-state index is 13.0. The maximum absolute atomic E-state index is 13.0. The number of thioether (sulfide) groups is 1. The molecule has 0 bridgehead atoms. The summed E-state index contributed by atoms with van der Waals surface area (Å²) in [4.78, 5) is 15.8. The molecule has 2 aromatic carbocycles. The van der Waals surface area contributed by atoms with Crippen LogP contribution >= 0.6 is 35.0 Å². The summed E-state index contributed by atoms with van der Waals surface area (Å²) in [7, 11) is 1.75. The number of hydrogen-bond acceptors (Lipinski definition) is 4. The molecule has 0 aromatic heterocycles. The van der Waals surface area contributed by atoms with E-state index in [0.29, 0.717) is 33.5 Å². The number of aryl methyl sites for hydroxylation is 1. The Morgan fingerprint density at radius 2 is 1.79 bits per heavy atom. The minimum Gasteiger partial charge on any atom is -0.322 e. The lowest BCUT2D eigenvalue weighted by Gasteiger charge is -2.36. The van der Waals surface area contributed by atoms with Gasteiger partial charge in [-0.05, 0) is 42.3 Å². The number of amides is 1. The van der Waals surface area contributed by atoms with Gasteiger partial charge in [0.25, 0.3) is 5.91 Å². The van der Waals surface area contributed by atoms with Crippen LogP contribution in [0.1, 0.15) is 18.1 Å². The van der Waals surface area contributed by atoms with E-state index in [1.54, 1.807) is 41.9 Å². The molecule has 2 heterocycles. The molecule has 0 radical (unpaired) electrons. The zero-order valence-electron chi connectivity index (χ0n) is 16.0. The van der Waals surface area contributed by atoms with Gasteiger partial charge in [-0.1, -0.05) is 66.2 Å². The van der Waals surface area contributed by atoms with Crippen molar-refractivity contribution in [1.82, 2.24) is 9.91 Å². The van der Waals surface area contributed by atoms with Gasteiger partial charge >= 0.3 is 0 Å². The summed E-state index contributed by atoms with van der Waals surface area (Å²) in [5, 5.41) is 8.36. The Hall–Kier alpha value is -2.21. The van der Waals surface area contributed by atoms with Gasteiger partial charge in [0.1, 0.15) is 11.7 Å². The second kappa shape index (κ2) is 8.27. The van der Waals surface area contributed by atoms with E-state index in [-0.39, 0.29) is 5.91 Å². The largest absolute Gasteiger partial charge is 0.322 e. The van der Waals surface area contributed by atoms with Gasteiger partial charge in [-0.2, -0.15) is 5.10 Å². The standard InChI is InChI=1S/C22H19Cl2N3OS/c1-3-14-7-4-5-10-18(14)29-19-12-11-17-21(20-15(23)8-6-9-16(20)24)22(28)26(2)13-27(17)25-19/h4-12H,3,13H2,1-2H3. The fourth-order valence-corrected chi connectivity index (χ4v) is 4.94. The van der Waals surface area contributed by atoms with Gasteiger partial charge in [-0.3, -0.25) is 4.79 Å². The normalized spacial score (nSPS) is 16.3. The molecule has 7 heteroatoms. The summed E-state index contributed by atoms with van der Waals surface area (Å²) in [6, 6.07) is 13.6. The minimum atomic E-state index is -0.126. The molecular weight excluding hydrogens is 425 g/mol. The second-order valence-corrected chi connectivity index (χ2v) is 8.61. The number of hydrazone groups is 1. The Morgan fingerprint density at radius 1 is 1.07 bits per heavy atom. The average Bonchev–Trinajstić information content (AvgIpc) is 2.71. The molecule has 148 valence electrons. The number of likely N-dealkylation sites (N-methyl/N-ethyl adjacent to an activating group) is 1. The molecule has 0 unspecified atom stereocenters. The van der Waals surface area contributed by atoms with Crippen LogP contribution in [-0.2, 0) is 11.2 Å². The molecule has 4 rings (SSSR count). The summed E-state index contributed by atoms with van der Waals surface area (Å²) < 4.78 is 0. The van der Waals surface area contributed by atoms with Crippen LogP contribution in [0.5, 0.6) is 0 Å². The maximum Gasteiger partial charge on any atom is 0.257 e. The van der Waals surface area contributed by atoms with Crippen molar-refractivity contribution >= 4 is 51.5 Å². The van der Waals surface area contributed by atoms with Gasteiger partial charge in [-0.15, -0.1) is 0 Å². The van der Waals surface area contributed by atoms with Crippen molar-refractivity contribution in [2.45, 2.75) is 18.2 Å². The number of halogens is 2. The predicted molar refractivity (Wildman–Crippen MR) is 121 cm³/mol. The van der Waals surface area contributed by atoms with E-state index in [1.165, 1.54) is 10.5 Å². The zero-order chi connectivity index (χ0) is 20.5. The molecule has 29 heavy (non-hydrogen) atoms. The van der Waals surface area contributed by atoms with Crippen molar-refractivity contribution in [1.29, 1.82) is 0 Å². The minimum absolute atomic E-state index is 0.126. The van der Waals surface area contributed by atoms with Gasteiger partial charge in [0, 0.05) is 17.5 Å². The van der Waals surface area contributed by atoms with Gasteiger partial charge in [0.15, 0.2) is 0 Å². The lowest BCUT2D eigenvalue weighted by molar-refractivity contribution is -0.126. The number of nitrogens with zero attached hydrogens (tertiary/aromatic N) is 3. The number of carbonyl (C=O) groups excluding carboxylic acids is 1. The van der Waals surface area contributed by atoms with Crippen LogP contribution in [0.4, 0.5) is 0 Å². The van der Waals surface area contributed by atoms with Crippen molar-refractivity contribution in [3.8, 4) is 0 Å². The molecule has 0 saturated carbocycles. The van der Waals surface area contributed by atoms with Gasteiger partial charge in [-0.25, -0.2) is 5.01 Å². The third kappa shape index (κ3) is 3.82. The molecule has 4 nitrogen and oxygen atoms in total. The van der Waals surface area contributed by atoms with Crippen molar-refractivity contribution in [3.05, 3.63) is 81.5 Å². The van der Waals surface area contributed by atoms with Gasteiger partial charge in [0.2, 0.25) is 0 Å². The number of benzene rings is 2. The third-order valence-electron chi connectivity index (χ3n) is 4.82. The van der Waals surface area contributed by atoms with Crippen LogP contribution in [0, 0.1) is 0 Å². The molecule has 0 fully saturated rings. The van der Waals surface area contributed by atoms with Crippen LogP contribution in [0.15, 0.2) is 70.3 Å². The van der Waals surface area contributed by atoms with Crippen molar-refractivity contribution in [2.75, 3.05) is 13.7 Å². The van der Waals surface area contributed by atoms with Crippen LogP contribution in [0.25, 0.3) is 5.57 Å². The van der Waals surface area contributed by atoms with E-state index in [4.69, 9.17) is 28.3 Å². The summed E-state index contributed by atoms with van der Waals surface area (Å²) in [6.45, 7) is 2.51. The number of allylic oxidation sites excluding steroid dienone is 1. The Kier molecular flexibility index (Phi) is 5.72. The molecule has 0 saturated heterocycles. The summed E-state index contributed by atoms with van der Waals surface area (Å²) >= 11 is 14.4. The Balaban J connectivity index is 1.75. The third-order valence-corrected chi connectivity index (χ3v) is 6.50. The van der Waals surface area contributed by atoms with E-state index in [0.717, 1.165) is 11.5 Å². The highest BCUT2D eigenvalue weighted by Gasteiger charge is 2.33. The molecule has 2 aliphatic rings.